The predicted molar refractivity (Wildman–Crippen MR) is 74.4 cm³/mol. The zero-order chi connectivity index (χ0) is 15.5. The molecule has 2 nitrogen and oxygen atoms in total. The number of halogens is 3. The minimum absolute atomic E-state index is 0.0208. The molecule has 0 fully saturated rings. The van der Waals surface area contributed by atoms with E-state index in [4.69, 9.17) is 11.0 Å². The molecule has 2 N–H and O–H groups in total. The molecule has 0 amide bonds. The van der Waals surface area contributed by atoms with Crippen molar-refractivity contribution < 1.29 is 13.2 Å². The second-order valence-electron chi connectivity index (χ2n) is 4.69. The van der Waals surface area contributed by atoms with Gasteiger partial charge in [0.2, 0.25) is 0 Å². The van der Waals surface area contributed by atoms with Gasteiger partial charge in [-0.05, 0) is 36.1 Å². The van der Waals surface area contributed by atoms with Crippen molar-refractivity contribution >= 4 is 5.69 Å². The number of anilines is 1. The van der Waals surface area contributed by atoms with Gasteiger partial charge in [0.1, 0.15) is 0 Å². The molecule has 0 radical (unpaired) electrons. The van der Waals surface area contributed by atoms with Crippen LogP contribution >= 0.6 is 0 Å². The largest absolute Gasteiger partial charge is 0.418 e. The number of nitrogens with two attached hydrogens (primary N) is 1. The average Bonchev–Trinajstić information content (AvgIpc) is 2.45. The molecule has 0 bridgehead atoms. The molecular weight excluding hydrogens is 277 g/mol. The Morgan fingerprint density at radius 1 is 1.05 bits per heavy atom. The van der Waals surface area contributed by atoms with Crippen molar-refractivity contribution in [3.05, 3.63) is 64.7 Å². The fourth-order valence-electron chi connectivity index (χ4n) is 2.14. The van der Waals surface area contributed by atoms with Gasteiger partial charge in [-0.15, -0.1) is 0 Å². The number of benzene rings is 2. The molecule has 0 aliphatic carbocycles. The van der Waals surface area contributed by atoms with Gasteiger partial charge in [0.25, 0.3) is 0 Å². The highest BCUT2D eigenvalue weighted by molar-refractivity contribution is 5.56. The average molecular weight is 290 g/mol. The van der Waals surface area contributed by atoms with Crippen LogP contribution in [-0.4, -0.2) is 0 Å². The fourth-order valence-corrected chi connectivity index (χ4v) is 2.14. The van der Waals surface area contributed by atoms with Gasteiger partial charge in [-0.2, -0.15) is 18.4 Å². The van der Waals surface area contributed by atoms with Gasteiger partial charge in [-0.1, -0.05) is 30.3 Å². The molecule has 0 aliphatic heterocycles. The molecule has 0 atom stereocenters. The van der Waals surface area contributed by atoms with Crippen molar-refractivity contribution in [1.82, 2.24) is 0 Å². The number of nitrogens with zero attached hydrogens (tertiary/aromatic N) is 1. The van der Waals surface area contributed by atoms with E-state index in [0.717, 1.165) is 11.6 Å². The summed E-state index contributed by atoms with van der Waals surface area (Å²) in [7, 11) is 0. The summed E-state index contributed by atoms with van der Waals surface area (Å²) in [5, 5.41) is 9.04. The Bertz CT molecular complexity index is 670. The number of nitriles is 1. The van der Waals surface area contributed by atoms with Crippen molar-refractivity contribution in [2.45, 2.75) is 19.0 Å². The van der Waals surface area contributed by atoms with Crippen LogP contribution in [0, 0.1) is 11.3 Å². The first kappa shape index (κ1) is 14.9. The van der Waals surface area contributed by atoms with Gasteiger partial charge in [0, 0.05) is 5.69 Å². The standard InChI is InChI=1S/C16H13F3N2/c17-16(18,19)14-8-13(10-20)12(9-15(14)21)7-6-11-4-2-1-3-5-11/h1-5,8-9H,6-7,21H2. The fraction of sp³-hybridized carbons (Fsp3) is 0.188. The Labute approximate surface area is 120 Å². The second-order valence-corrected chi connectivity index (χ2v) is 4.69. The van der Waals surface area contributed by atoms with Gasteiger partial charge >= 0.3 is 6.18 Å². The lowest BCUT2D eigenvalue weighted by Gasteiger charge is -2.13. The summed E-state index contributed by atoms with van der Waals surface area (Å²) in [6.45, 7) is 0. The summed E-state index contributed by atoms with van der Waals surface area (Å²) >= 11 is 0. The third kappa shape index (κ3) is 3.54. The summed E-state index contributed by atoms with van der Waals surface area (Å²) in [5.41, 5.74) is 5.78. The summed E-state index contributed by atoms with van der Waals surface area (Å²) < 4.78 is 38.3. The lowest BCUT2D eigenvalue weighted by Crippen LogP contribution is -2.11. The van der Waals surface area contributed by atoms with Crippen LogP contribution in [-0.2, 0) is 19.0 Å². The van der Waals surface area contributed by atoms with Crippen LogP contribution in [0.1, 0.15) is 22.3 Å². The minimum Gasteiger partial charge on any atom is -0.398 e. The zero-order valence-corrected chi connectivity index (χ0v) is 11.1. The van der Waals surface area contributed by atoms with Gasteiger partial charge in [0.15, 0.2) is 0 Å². The highest BCUT2D eigenvalue weighted by Gasteiger charge is 2.33. The molecule has 0 spiro atoms. The summed E-state index contributed by atoms with van der Waals surface area (Å²) in [5.74, 6) is 0. The van der Waals surface area contributed by atoms with E-state index in [9.17, 15) is 13.2 Å². The predicted octanol–water partition coefficient (Wildman–Crippen LogP) is 3.94. The highest BCUT2D eigenvalue weighted by atomic mass is 19.4. The molecule has 0 saturated heterocycles. The maximum absolute atomic E-state index is 12.8. The lowest BCUT2D eigenvalue weighted by atomic mass is 9.97. The number of hydrogen-bond donors (Lipinski definition) is 1. The topological polar surface area (TPSA) is 49.8 Å². The Morgan fingerprint density at radius 2 is 1.71 bits per heavy atom. The molecule has 2 aromatic rings. The van der Waals surface area contributed by atoms with Crippen LogP contribution in [0.3, 0.4) is 0 Å². The Hall–Kier alpha value is -2.48. The van der Waals surface area contributed by atoms with Crippen molar-refractivity contribution in [3.63, 3.8) is 0 Å². The van der Waals surface area contributed by atoms with Crippen LogP contribution in [0.5, 0.6) is 0 Å². The Balaban J connectivity index is 2.28. The zero-order valence-electron chi connectivity index (χ0n) is 11.1. The van der Waals surface area contributed by atoms with Crippen LogP contribution in [0.25, 0.3) is 0 Å². The molecule has 5 heteroatoms. The lowest BCUT2D eigenvalue weighted by molar-refractivity contribution is -0.136. The van der Waals surface area contributed by atoms with E-state index in [0.29, 0.717) is 18.4 Å². The highest BCUT2D eigenvalue weighted by Crippen LogP contribution is 2.35. The molecule has 108 valence electrons. The third-order valence-corrected chi connectivity index (χ3v) is 3.23. The van der Waals surface area contributed by atoms with E-state index >= 15 is 0 Å². The molecule has 2 rings (SSSR count). The normalized spacial score (nSPS) is 11.1. The van der Waals surface area contributed by atoms with Crippen LogP contribution in [0.15, 0.2) is 42.5 Å². The maximum Gasteiger partial charge on any atom is 0.418 e. The molecule has 0 unspecified atom stereocenters. The van der Waals surface area contributed by atoms with Crippen LogP contribution in [0.4, 0.5) is 18.9 Å². The molecule has 0 aromatic heterocycles. The summed E-state index contributed by atoms with van der Waals surface area (Å²) in [6, 6.07) is 13.4. The van der Waals surface area contributed by atoms with Gasteiger partial charge < -0.3 is 5.73 Å². The number of rotatable bonds is 3. The van der Waals surface area contributed by atoms with E-state index < -0.39 is 11.7 Å². The first-order chi connectivity index (χ1) is 9.91. The van der Waals surface area contributed by atoms with E-state index in [-0.39, 0.29) is 11.3 Å². The molecule has 0 aliphatic rings. The maximum atomic E-state index is 12.8. The first-order valence-electron chi connectivity index (χ1n) is 6.35. The number of aryl methyl sites for hydroxylation is 2. The number of alkyl halides is 3. The van der Waals surface area contributed by atoms with Crippen molar-refractivity contribution in [3.8, 4) is 6.07 Å². The van der Waals surface area contributed by atoms with E-state index in [1.54, 1.807) is 0 Å². The third-order valence-electron chi connectivity index (χ3n) is 3.23. The first-order valence-corrected chi connectivity index (χ1v) is 6.35. The van der Waals surface area contributed by atoms with E-state index in [1.165, 1.54) is 6.07 Å². The number of nitrogen functional groups attached to an aromatic ring is 1. The van der Waals surface area contributed by atoms with Crippen molar-refractivity contribution in [2.24, 2.45) is 0 Å². The van der Waals surface area contributed by atoms with Crippen molar-refractivity contribution in [2.75, 3.05) is 5.73 Å². The van der Waals surface area contributed by atoms with Crippen LogP contribution < -0.4 is 5.73 Å². The Kier molecular flexibility index (Phi) is 4.18. The Morgan fingerprint density at radius 3 is 2.29 bits per heavy atom. The molecule has 0 heterocycles. The van der Waals surface area contributed by atoms with Gasteiger partial charge in [-0.25, -0.2) is 0 Å². The van der Waals surface area contributed by atoms with Gasteiger partial charge in [-0.3, -0.25) is 0 Å². The monoisotopic (exact) mass is 290 g/mol. The number of hydrogen-bond acceptors (Lipinski definition) is 2. The molecule has 21 heavy (non-hydrogen) atoms. The SMILES string of the molecule is N#Cc1cc(C(F)(F)F)c(N)cc1CCc1ccccc1. The van der Waals surface area contributed by atoms with E-state index in [1.807, 2.05) is 36.4 Å². The van der Waals surface area contributed by atoms with Crippen molar-refractivity contribution in [1.29, 1.82) is 5.26 Å². The minimum atomic E-state index is -4.55. The van der Waals surface area contributed by atoms with Gasteiger partial charge in [0.05, 0.1) is 17.2 Å². The molecule has 0 saturated carbocycles. The quantitative estimate of drug-likeness (QED) is 0.870. The second kappa shape index (κ2) is 5.88. The summed E-state index contributed by atoms with van der Waals surface area (Å²) in [6.07, 6.45) is -3.44. The molecular formula is C16H13F3N2. The molecule has 2 aromatic carbocycles. The van der Waals surface area contributed by atoms with E-state index in [2.05, 4.69) is 0 Å². The summed E-state index contributed by atoms with van der Waals surface area (Å²) in [4.78, 5) is 0. The smallest absolute Gasteiger partial charge is 0.398 e. The van der Waals surface area contributed by atoms with Crippen LogP contribution in [0.2, 0.25) is 0 Å².